The molecule has 2 N–H and O–H groups in total. The highest BCUT2D eigenvalue weighted by Crippen LogP contribution is 2.31. The number of benzene rings is 2. The number of hydrogen-bond acceptors (Lipinski definition) is 2. The molecule has 0 radical (unpaired) electrons. The topological polar surface area (TPSA) is 35.2 Å². The summed E-state index contributed by atoms with van der Waals surface area (Å²) in [6.07, 6.45) is 0.00917. The molecule has 1 atom stereocenters. The van der Waals surface area contributed by atoms with Gasteiger partial charge in [-0.3, -0.25) is 0 Å². The Hall–Kier alpha value is -1.96. The van der Waals surface area contributed by atoms with Crippen molar-refractivity contribution in [1.82, 2.24) is 0 Å². The van der Waals surface area contributed by atoms with Crippen molar-refractivity contribution in [3.8, 4) is 5.75 Å². The van der Waals surface area contributed by atoms with E-state index in [0.717, 1.165) is 17.0 Å². The molecule has 0 heterocycles. The highest BCUT2D eigenvalue weighted by atomic mass is 16.5. The van der Waals surface area contributed by atoms with Gasteiger partial charge in [-0.15, -0.1) is 0 Å². The number of rotatable bonds is 4. The summed E-state index contributed by atoms with van der Waals surface area (Å²) in [5.74, 6) is 1.42. The van der Waals surface area contributed by atoms with Gasteiger partial charge in [0.05, 0.1) is 0 Å². The van der Waals surface area contributed by atoms with E-state index in [2.05, 4.69) is 45.9 Å². The first-order chi connectivity index (χ1) is 9.47. The highest BCUT2D eigenvalue weighted by Gasteiger charge is 2.12. The first kappa shape index (κ1) is 14.4. The van der Waals surface area contributed by atoms with Crippen LogP contribution in [0.25, 0.3) is 0 Å². The van der Waals surface area contributed by atoms with Crippen molar-refractivity contribution in [2.75, 3.05) is 5.73 Å². The van der Waals surface area contributed by atoms with E-state index in [0.29, 0.717) is 5.92 Å². The number of anilines is 1. The van der Waals surface area contributed by atoms with Crippen molar-refractivity contribution in [1.29, 1.82) is 0 Å². The van der Waals surface area contributed by atoms with Gasteiger partial charge in [0.2, 0.25) is 0 Å². The predicted octanol–water partition coefficient (Wildman–Crippen LogP) is 4.84. The summed E-state index contributed by atoms with van der Waals surface area (Å²) in [4.78, 5) is 0. The molecule has 2 rings (SSSR count). The number of aryl methyl sites for hydroxylation is 1. The van der Waals surface area contributed by atoms with E-state index >= 15 is 0 Å². The van der Waals surface area contributed by atoms with Crippen LogP contribution >= 0.6 is 0 Å². The maximum absolute atomic E-state index is 6.17. The molecule has 0 aliphatic heterocycles. The fraction of sp³-hybridized carbons (Fsp3) is 0.333. The standard InChI is InChI=1S/C18H23NO/c1-12(2)17-10-5-13(3)11-18(17)20-14(4)15-6-8-16(19)9-7-15/h5-12,14H,19H2,1-4H3. The molecule has 0 spiro atoms. The molecule has 20 heavy (non-hydrogen) atoms. The van der Waals surface area contributed by atoms with Crippen molar-refractivity contribution >= 4 is 5.69 Å². The Morgan fingerprint density at radius 1 is 0.950 bits per heavy atom. The highest BCUT2D eigenvalue weighted by molar-refractivity contribution is 5.42. The van der Waals surface area contributed by atoms with E-state index in [9.17, 15) is 0 Å². The Morgan fingerprint density at radius 3 is 2.20 bits per heavy atom. The van der Waals surface area contributed by atoms with Crippen molar-refractivity contribution < 1.29 is 4.74 Å². The first-order valence-corrected chi connectivity index (χ1v) is 7.10. The molecule has 0 fully saturated rings. The Morgan fingerprint density at radius 2 is 1.60 bits per heavy atom. The van der Waals surface area contributed by atoms with Crippen LogP contribution in [0.1, 0.15) is 49.5 Å². The molecule has 0 bridgehead atoms. The van der Waals surface area contributed by atoms with E-state index in [-0.39, 0.29) is 6.10 Å². The van der Waals surface area contributed by atoms with Gasteiger partial charge < -0.3 is 10.5 Å². The van der Waals surface area contributed by atoms with Gasteiger partial charge in [-0.1, -0.05) is 38.1 Å². The van der Waals surface area contributed by atoms with Gasteiger partial charge in [-0.2, -0.15) is 0 Å². The molecule has 0 amide bonds. The Labute approximate surface area is 121 Å². The van der Waals surface area contributed by atoms with Crippen LogP contribution in [0, 0.1) is 6.92 Å². The zero-order valence-corrected chi connectivity index (χ0v) is 12.7. The fourth-order valence-electron chi connectivity index (χ4n) is 2.25. The second kappa shape index (κ2) is 6.00. The molecule has 2 aromatic rings. The Kier molecular flexibility index (Phi) is 4.33. The summed E-state index contributed by atoms with van der Waals surface area (Å²) < 4.78 is 6.17. The molecule has 0 aliphatic rings. The van der Waals surface area contributed by atoms with E-state index in [1.54, 1.807) is 0 Å². The number of ether oxygens (including phenoxy) is 1. The van der Waals surface area contributed by atoms with Crippen molar-refractivity contribution in [2.45, 2.75) is 39.7 Å². The predicted molar refractivity (Wildman–Crippen MR) is 85.2 cm³/mol. The van der Waals surface area contributed by atoms with E-state index in [4.69, 9.17) is 10.5 Å². The van der Waals surface area contributed by atoms with Crippen LogP contribution in [-0.2, 0) is 0 Å². The summed E-state index contributed by atoms with van der Waals surface area (Å²) >= 11 is 0. The molecule has 2 heteroatoms. The smallest absolute Gasteiger partial charge is 0.123 e. The first-order valence-electron chi connectivity index (χ1n) is 7.10. The molecule has 0 aliphatic carbocycles. The lowest BCUT2D eigenvalue weighted by molar-refractivity contribution is 0.224. The maximum Gasteiger partial charge on any atom is 0.123 e. The minimum atomic E-state index is 0.00917. The maximum atomic E-state index is 6.17. The van der Waals surface area contributed by atoms with Crippen LogP contribution in [0.3, 0.4) is 0 Å². The van der Waals surface area contributed by atoms with E-state index in [1.165, 1.54) is 11.1 Å². The average molecular weight is 269 g/mol. The monoisotopic (exact) mass is 269 g/mol. The lowest BCUT2D eigenvalue weighted by Crippen LogP contribution is -2.06. The Bertz CT molecular complexity index is 572. The SMILES string of the molecule is Cc1ccc(C(C)C)c(OC(C)c2ccc(N)cc2)c1. The molecule has 0 saturated heterocycles. The summed E-state index contributed by atoms with van der Waals surface area (Å²) in [7, 11) is 0. The quantitative estimate of drug-likeness (QED) is 0.806. The van der Waals surface area contributed by atoms with Gasteiger partial charge in [0, 0.05) is 5.69 Å². The van der Waals surface area contributed by atoms with E-state index in [1.807, 2.05) is 24.3 Å². The van der Waals surface area contributed by atoms with E-state index < -0.39 is 0 Å². The molecule has 2 aromatic carbocycles. The van der Waals surface area contributed by atoms with Gasteiger partial charge in [-0.05, 0) is 54.7 Å². The average Bonchev–Trinajstić information content (AvgIpc) is 2.39. The molecule has 0 aromatic heterocycles. The molecule has 1 unspecified atom stereocenters. The summed E-state index contributed by atoms with van der Waals surface area (Å²) in [5, 5.41) is 0. The molecule has 0 saturated carbocycles. The Balaban J connectivity index is 2.24. The van der Waals surface area contributed by atoms with Crippen LogP contribution in [0.4, 0.5) is 5.69 Å². The third kappa shape index (κ3) is 3.32. The summed E-state index contributed by atoms with van der Waals surface area (Å²) in [6, 6.07) is 14.3. The van der Waals surface area contributed by atoms with Crippen molar-refractivity contribution in [3.63, 3.8) is 0 Å². The second-order valence-corrected chi connectivity index (χ2v) is 5.62. The minimum absolute atomic E-state index is 0.00917. The number of hydrogen-bond donors (Lipinski definition) is 1. The van der Waals surface area contributed by atoms with Crippen LogP contribution in [0.5, 0.6) is 5.75 Å². The molecule has 2 nitrogen and oxygen atoms in total. The number of nitrogens with two attached hydrogens (primary N) is 1. The lowest BCUT2D eigenvalue weighted by Gasteiger charge is -2.20. The van der Waals surface area contributed by atoms with Crippen molar-refractivity contribution in [3.05, 3.63) is 59.2 Å². The van der Waals surface area contributed by atoms with Crippen LogP contribution in [0.2, 0.25) is 0 Å². The molecule has 106 valence electrons. The van der Waals surface area contributed by atoms with Gasteiger partial charge >= 0.3 is 0 Å². The van der Waals surface area contributed by atoms with Gasteiger partial charge in [-0.25, -0.2) is 0 Å². The summed E-state index contributed by atoms with van der Waals surface area (Å²) in [6.45, 7) is 8.53. The van der Waals surface area contributed by atoms with Gasteiger partial charge in [0.1, 0.15) is 11.9 Å². The van der Waals surface area contributed by atoms with Crippen LogP contribution in [-0.4, -0.2) is 0 Å². The number of nitrogen functional groups attached to an aromatic ring is 1. The lowest BCUT2D eigenvalue weighted by atomic mass is 10.0. The van der Waals surface area contributed by atoms with Crippen molar-refractivity contribution in [2.24, 2.45) is 0 Å². The fourth-order valence-corrected chi connectivity index (χ4v) is 2.25. The zero-order valence-electron chi connectivity index (χ0n) is 12.7. The zero-order chi connectivity index (χ0) is 14.7. The second-order valence-electron chi connectivity index (χ2n) is 5.62. The largest absolute Gasteiger partial charge is 0.486 e. The minimum Gasteiger partial charge on any atom is -0.486 e. The molecular weight excluding hydrogens is 246 g/mol. The molecular formula is C18H23NO. The summed E-state index contributed by atoms with van der Waals surface area (Å²) in [5.41, 5.74) is 10.1. The van der Waals surface area contributed by atoms with Crippen LogP contribution in [0.15, 0.2) is 42.5 Å². The normalized spacial score (nSPS) is 12.4. The third-order valence-electron chi connectivity index (χ3n) is 3.50. The van der Waals surface area contributed by atoms with Crippen LogP contribution < -0.4 is 10.5 Å². The van der Waals surface area contributed by atoms with Gasteiger partial charge in [0.15, 0.2) is 0 Å². The third-order valence-corrected chi connectivity index (χ3v) is 3.50. The van der Waals surface area contributed by atoms with Gasteiger partial charge in [0.25, 0.3) is 0 Å².